The topological polar surface area (TPSA) is 15.3 Å². The van der Waals surface area contributed by atoms with Crippen molar-refractivity contribution < 1.29 is 8.78 Å². The summed E-state index contributed by atoms with van der Waals surface area (Å²) in [4.78, 5) is 2.01. The second-order valence-electron chi connectivity index (χ2n) is 5.27. The Labute approximate surface area is 124 Å². The van der Waals surface area contributed by atoms with Crippen LogP contribution in [0, 0.1) is 11.6 Å². The van der Waals surface area contributed by atoms with E-state index >= 15 is 0 Å². The molecule has 0 aliphatic heterocycles. The third-order valence-corrected chi connectivity index (χ3v) is 3.57. The van der Waals surface area contributed by atoms with Gasteiger partial charge in [0.1, 0.15) is 11.6 Å². The highest BCUT2D eigenvalue weighted by atomic mass is 19.1. The van der Waals surface area contributed by atoms with Gasteiger partial charge in [-0.1, -0.05) is 12.1 Å². The van der Waals surface area contributed by atoms with Crippen LogP contribution in [0.5, 0.6) is 0 Å². The van der Waals surface area contributed by atoms with Crippen molar-refractivity contribution in [1.29, 1.82) is 0 Å². The summed E-state index contributed by atoms with van der Waals surface area (Å²) >= 11 is 0. The first-order valence-electron chi connectivity index (χ1n) is 6.89. The van der Waals surface area contributed by atoms with Crippen molar-refractivity contribution in [3.8, 4) is 0 Å². The number of anilines is 1. The second kappa shape index (κ2) is 6.68. The molecule has 0 bridgehead atoms. The van der Waals surface area contributed by atoms with E-state index in [2.05, 4.69) is 11.4 Å². The molecule has 112 valence electrons. The number of halogens is 2. The van der Waals surface area contributed by atoms with Crippen molar-refractivity contribution in [2.75, 3.05) is 26.0 Å². The van der Waals surface area contributed by atoms with Crippen LogP contribution in [-0.4, -0.2) is 21.1 Å². The summed E-state index contributed by atoms with van der Waals surface area (Å²) in [5, 5.41) is 3.17. The quantitative estimate of drug-likeness (QED) is 0.906. The second-order valence-corrected chi connectivity index (χ2v) is 5.27. The highest BCUT2D eigenvalue weighted by molar-refractivity contribution is 5.48. The molecule has 0 amide bonds. The highest BCUT2D eigenvalue weighted by Gasteiger charge is 2.14. The average molecular weight is 290 g/mol. The van der Waals surface area contributed by atoms with Crippen molar-refractivity contribution in [1.82, 2.24) is 5.32 Å². The predicted molar refractivity (Wildman–Crippen MR) is 82.6 cm³/mol. The van der Waals surface area contributed by atoms with E-state index in [9.17, 15) is 8.78 Å². The standard InChI is InChI=1S/C17H20F2N2/c1-20-17(11-13-9-14(18)7-8-16(13)19)12-5-4-6-15(10-12)21(2)3/h4-10,17,20H,11H2,1-3H3. The summed E-state index contributed by atoms with van der Waals surface area (Å²) in [5.74, 6) is -0.788. The van der Waals surface area contributed by atoms with E-state index in [1.165, 1.54) is 12.1 Å². The van der Waals surface area contributed by atoms with Crippen molar-refractivity contribution in [2.24, 2.45) is 0 Å². The molecule has 0 heterocycles. The normalized spacial score (nSPS) is 12.2. The maximum Gasteiger partial charge on any atom is 0.126 e. The Bertz CT molecular complexity index is 611. The largest absolute Gasteiger partial charge is 0.378 e. The van der Waals surface area contributed by atoms with Gasteiger partial charge in [0, 0.05) is 25.8 Å². The Morgan fingerprint density at radius 2 is 1.86 bits per heavy atom. The van der Waals surface area contributed by atoms with Crippen LogP contribution in [0.15, 0.2) is 42.5 Å². The van der Waals surface area contributed by atoms with Gasteiger partial charge < -0.3 is 10.2 Å². The molecular formula is C17H20F2N2. The molecule has 1 unspecified atom stereocenters. The summed E-state index contributed by atoms with van der Waals surface area (Å²) in [7, 11) is 5.77. The summed E-state index contributed by atoms with van der Waals surface area (Å²) in [5.41, 5.74) is 2.50. The van der Waals surface area contributed by atoms with Crippen LogP contribution >= 0.6 is 0 Å². The Morgan fingerprint density at radius 1 is 1.10 bits per heavy atom. The smallest absolute Gasteiger partial charge is 0.126 e. The Balaban J connectivity index is 2.27. The fraction of sp³-hybridized carbons (Fsp3) is 0.294. The van der Waals surface area contributed by atoms with Crippen LogP contribution in [0.1, 0.15) is 17.2 Å². The molecule has 0 aromatic heterocycles. The number of likely N-dealkylation sites (N-methyl/N-ethyl adjacent to an activating group) is 1. The first-order chi connectivity index (χ1) is 10.0. The van der Waals surface area contributed by atoms with Gasteiger partial charge in [0.05, 0.1) is 0 Å². The molecule has 0 fully saturated rings. The van der Waals surface area contributed by atoms with Crippen molar-refractivity contribution in [3.63, 3.8) is 0 Å². The summed E-state index contributed by atoms with van der Waals surface area (Å²) in [6, 6.07) is 11.5. The van der Waals surface area contributed by atoms with E-state index in [1.54, 1.807) is 0 Å². The van der Waals surface area contributed by atoms with E-state index in [0.717, 1.165) is 17.3 Å². The fourth-order valence-electron chi connectivity index (χ4n) is 2.33. The summed E-state index contributed by atoms with van der Waals surface area (Å²) in [6.45, 7) is 0. The molecule has 0 aliphatic rings. The molecule has 2 nitrogen and oxygen atoms in total. The monoisotopic (exact) mass is 290 g/mol. The first kappa shape index (κ1) is 15.4. The summed E-state index contributed by atoms with van der Waals surface area (Å²) < 4.78 is 27.1. The zero-order valence-electron chi connectivity index (χ0n) is 12.5. The molecular weight excluding hydrogens is 270 g/mol. The number of benzene rings is 2. The molecule has 2 aromatic carbocycles. The molecule has 1 N–H and O–H groups in total. The Kier molecular flexibility index (Phi) is 4.91. The number of hydrogen-bond acceptors (Lipinski definition) is 2. The van der Waals surface area contributed by atoms with Crippen LogP contribution in [0.3, 0.4) is 0 Å². The third-order valence-electron chi connectivity index (χ3n) is 3.57. The van der Waals surface area contributed by atoms with E-state index in [1.807, 2.05) is 44.2 Å². The lowest BCUT2D eigenvalue weighted by Gasteiger charge is -2.20. The van der Waals surface area contributed by atoms with Crippen LogP contribution in [-0.2, 0) is 6.42 Å². The van der Waals surface area contributed by atoms with Crippen LogP contribution in [0.2, 0.25) is 0 Å². The van der Waals surface area contributed by atoms with E-state index < -0.39 is 5.82 Å². The third kappa shape index (κ3) is 3.79. The molecule has 4 heteroatoms. The molecule has 1 atom stereocenters. The highest BCUT2D eigenvalue weighted by Crippen LogP contribution is 2.23. The lowest BCUT2D eigenvalue weighted by molar-refractivity contribution is 0.544. The van der Waals surface area contributed by atoms with Crippen molar-refractivity contribution in [3.05, 3.63) is 65.2 Å². The van der Waals surface area contributed by atoms with Gasteiger partial charge in [-0.2, -0.15) is 0 Å². The lowest BCUT2D eigenvalue weighted by Crippen LogP contribution is -2.20. The van der Waals surface area contributed by atoms with E-state index in [4.69, 9.17) is 0 Å². The Morgan fingerprint density at radius 3 is 2.52 bits per heavy atom. The minimum absolute atomic E-state index is 0.0683. The van der Waals surface area contributed by atoms with Gasteiger partial charge in [0.25, 0.3) is 0 Å². The molecule has 0 spiro atoms. The average Bonchev–Trinajstić information content (AvgIpc) is 2.48. The molecule has 2 rings (SSSR count). The van der Waals surface area contributed by atoms with E-state index in [-0.39, 0.29) is 11.9 Å². The van der Waals surface area contributed by atoms with Gasteiger partial charge in [0.2, 0.25) is 0 Å². The van der Waals surface area contributed by atoms with Gasteiger partial charge in [-0.05, 0) is 54.9 Å². The van der Waals surface area contributed by atoms with Crippen molar-refractivity contribution in [2.45, 2.75) is 12.5 Å². The van der Waals surface area contributed by atoms with Gasteiger partial charge in [-0.15, -0.1) is 0 Å². The number of rotatable bonds is 5. The zero-order chi connectivity index (χ0) is 15.4. The number of nitrogens with zero attached hydrogens (tertiary/aromatic N) is 1. The van der Waals surface area contributed by atoms with E-state index in [0.29, 0.717) is 12.0 Å². The maximum absolute atomic E-state index is 13.8. The van der Waals surface area contributed by atoms with Crippen LogP contribution in [0.4, 0.5) is 14.5 Å². The molecule has 21 heavy (non-hydrogen) atoms. The molecule has 0 saturated heterocycles. The minimum Gasteiger partial charge on any atom is -0.378 e. The van der Waals surface area contributed by atoms with Gasteiger partial charge in [-0.25, -0.2) is 8.78 Å². The van der Waals surface area contributed by atoms with Crippen LogP contribution < -0.4 is 10.2 Å². The first-order valence-corrected chi connectivity index (χ1v) is 6.89. The molecule has 2 aromatic rings. The SMILES string of the molecule is CNC(Cc1cc(F)ccc1F)c1cccc(N(C)C)c1. The van der Waals surface area contributed by atoms with Crippen molar-refractivity contribution >= 4 is 5.69 Å². The number of nitrogens with one attached hydrogen (secondary N) is 1. The van der Waals surface area contributed by atoms with Gasteiger partial charge in [0.15, 0.2) is 0 Å². The van der Waals surface area contributed by atoms with Crippen LogP contribution in [0.25, 0.3) is 0 Å². The molecule has 0 saturated carbocycles. The van der Waals surface area contributed by atoms with Gasteiger partial charge >= 0.3 is 0 Å². The molecule has 0 radical (unpaired) electrons. The minimum atomic E-state index is -0.414. The summed E-state index contributed by atoms with van der Waals surface area (Å²) in [6.07, 6.45) is 0.400. The van der Waals surface area contributed by atoms with Gasteiger partial charge in [-0.3, -0.25) is 0 Å². The predicted octanol–water partition coefficient (Wildman–Crippen LogP) is 3.53. The molecule has 0 aliphatic carbocycles. The fourth-order valence-corrected chi connectivity index (χ4v) is 2.33. The lowest BCUT2D eigenvalue weighted by atomic mass is 9.98. The maximum atomic E-state index is 13.8. The zero-order valence-corrected chi connectivity index (χ0v) is 12.5. The Hall–Kier alpha value is -1.94. The number of hydrogen-bond donors (Lipinski definition) is 1.